The number of nitrogens with zero attached hydrogens (tertiary/aromatic N) is 3. The van der Waals surface area contributed by atoms with E-state index in [1.807, 2.05) is 18.8 Å². The van der Waals surface area contributed by atoms with Gasteiger partial charge in [-0.15, -0.1) is 0 Å². The molecule has 0 aliphatic carbocycles. The van der Waals surface area contributed by atoms with Gasteiger partial charge in [-0.2, -0.15) is 5.10 Å². The van der Waals surface area contributed by atoms with Gasteiger partial charge >= 0.3 is 0 Å². The average Bonchev–Trinajstić information content (AvgIpc) is 2.74. The lowest BCUT2D eigenvalue weighted by atomic mass is 9.93. The molecular weight excluding hydrogens is 272 g/mol. The number of hydrogen-bond acceptors (Lipinski definition) is 3. The summed E-state index contributed by atoms with van der Waals surface area (Å²) in [5, 5.41) is 8.61. The van der Waals surface area contributed by atoms with Crippen molar-refractivity contribution in [3.05, 3.63) is 16.4 Å². The molecule has 4 nitrogen and oxygen atoms in total. The predicted octanol–water partition coefficient (Wildman–Crippen LogP) is 2.46. The van der Waals surface area contributed by atoms with Crippen molar-refractivity contribution in [3.8, 4) is 0 Å². The van der Waals surface area contributed by atoms with Crippen molar-refractivity contribution in [3.63, 3.8) is 0 Å². The molecule has 5 heteroatoms. The smallest absolute Gasteiger partial charge is 0.0863 e. The molecule has 114 valence electrons. The van der Waals surface area contributed by atoms with Crippen LogP contribution in [0.5, 0.6) is 0 Å². The first-order chi connectivity index (χ1) is 9.65. The fourth-order valence-corrected chi connectivity index (χ4v) is 3.34. The van der Waals surface area contributed by atoms with Crippen LogP contribution >= 0.6 is 11.6 Å². The van der Waals surface area contributed by atoms with Crippen molar-refractivity contribution in [2.75, 3.05) is 26.7 Å². The minimum atomic E-state index is 0.868. The molecule has 0 saturated carbocycles. The van der Waals surface area contributed by atoms with Crippen molar-refractivity contribution >= 4 is 11.6 Å². The van der Waals surface area contributed by atoms with E-state index in [9.17, 15) is 0 Å². The first-order valence-corrected chi connectivity index (χ1v) is 8.10. The van der Waals surface area contributed by atoms with Crippen LogP contribution in [-0.4, -0.2) is 41.4 Å². The molecule has 1 aliphatic rings. The standard InChI is InChI=1S/C15H27ClN4/c1-4-13-15(16)14(19(3)18-13)11-20-9-6-12(7-10-20)5-8-17-2/h12,17H,4-11H2,1-3H3. The monoisotopic (exact) mass is 298 g/mol. The number of hydrogen-bond donors (Lipinski definition) is 1. The van der Waals surface area contributed by atoms with Crippen LogP contribution in [0.2, 0.25) is 5.02 Å². The molecular formula is C15H27ClN4. The fourth-order valence-electron chi connectivity index (χ4n) is 2.99. The zero-order valence-corrected chi connectivity index (χ0v) is 13.7. The largest absolute Gasteiger partial charge is 0.320 e. The number of piperidine rings is 1. The van der Waals surface area contributed by atoms with Crippen LogP contribution in [0.25, 0.3) is 0 Å². The Morgan fingerprint density at radius 1 is 1.35 bits per heavy atom. The van der Waals surface area contributed by atoms with Gasteiger partial charge in [-0.05, 0) is 58.3 Å². The molecule has 0 bridgehead atoms. The third-order valence-corrected chi connectivity index (χ3v) is 4.82. The summed E-state index contributed by atoms with van der Waals surface area (Å²) in [4.78, 5) is 2.51. The molecule has 1 aliphatic heterocycles. The summed E-state index contributed by atoms with van der Waals surface area (Å²) < 4.78 is 1.95. The lowest BCUT2D eigenvalue weighted by Gasteiger charge is -2.32. The number of nitrogens with one attached hydrogen (secondary N) is 1. The molecule has 1 fully saturated rings. The highest BCUT2D eigenvalue weighted by molar-refractivity contribution is 6.31. The molecule has 1 aromatic rings. The third-order valence-electron chi connectivity index (χ3n) is 4.39. The molecule has 0 aromatic carbocycles. The van der Waals surface area contributed by atoms with Crippen molar-refractivity contribution in [1.29, 1.82) is 0 Å². The maximum absolute atomic E-state index is 6.43. The Balaban J connectivity index is 1.88. The molecule has 2 rings (SSSR count). The van der Waals surface area contributed by atoms with Crippen LogP contribution in [0.1, 0.15) is 37.6 Å². The third kappa shape index (κ3) is 3.74. The summed E-state index contributed by atoms with van der Waals surface area (Å²) in [5.74, 6) is 0.881. The lowest BCUT2D eigenvalue weighted by molar-refractivity contribution is 0.169. The van der Waals surface area contributed by atoms with Crippen LogP contribution < -0.4 is 5.32 Å². The van der Waals surface area contributed by atoms with E-state index in [0.29, 0.717) is 0 Å². The fraction of sp³-hybridized carbons (Fsp3) is 0.800. The van der Waals surface area contributed by atoms with E-state index in [4.69, 9.17) is 11.6 Å². The number of halogens is 1. The summed E-state index contributed by atoms with van der Waals surface area (Å²) in [6.45, 7) is 6.53. The molecule has 1 N–H and O–H groups in total. The normalized spacial score (nSPS) is 17.8. The van der Waals surface area contributed by atoms with Gasteiger partial charge in [-0.25, -0.2) is 0 Å². The summed E-state index contributed by atoms with van der Waals surface area (Å²) in [6, 6.07) is 0. The molecule has 20 heavy (non-hydrogen) atoms. The van der Waals surface area contributed by atoms with Gasteiger partial charge in [-0.3, -0.25) is 9.58 Å². The minimum absolute atomic E-state index is 0.868. The van der Waals surface area contributed by atoms with Gasteiger partial charge < -0.3 is 5.32 Å². The Bertz CT molecular complexity index is 422. The molecule has 1 saturated heterocycles. The van der Waals surface area contributed by atoms with Crippen LogP contribution in [0, 0.1) is 5.92 Å². The van der Waals surface area contributed by atoms with E-state index < -0.39 is 0 Å². The van der Waals surface area contributed by atoms with Gasteiger partial charge in [0, 0.05) is 13.6 Å². The maximum Gasteiger partial charge on any atom is 0.0863 e. The molecule has 0 radical (unpaired) electrons. The molecule has 0 amide bonds. The molecule has 0 unspecified atom stereocenters. The summed E-state index contributed by atoms with van der Waals surface area (Å²) >= 11 is 6.43. The van der Waals surface area contributed by atoms with Crippen LogP contribution in [0.3, 0.4) is 0 Å². The second kappa shape index (κ2) is 7.43. The Hall–Kier alpha value is -0.580. The number of rotatable bonds is 6. The van der Waals surface area contributed by atoms with E-state index in [-0.39, 0.29) is 0 Å². The van der Waals surface area contributed by atoms with E-state index in [0.717, 1.165) is 41.8 Å². The van der Waals surface area contributed by atoms with Gasteiger partial charge in [0.15, 0.2) is 0 Å². The number of aryl methyl sites for hydroxylation is 2. The molecule has 2 heterocycles. The first-order valence-electron chi connectivity index (χ1n) is 7.72. The molecule has 1 aromatic heterocycles. The van der Waals surface area contributed by atoms with Gasteiger partial charge in [0.2, 0.25) is 0 Å². The van der Waals surface area contributed by atoms with Gasteiger partial charge in [0.05, 0.1) is 16.4 Å². The molecule has 0 atom stereocenters. The van der Waals surface area contributed by atoms with Crippen molar-refractivity contribution < 1.29 is 0 Å². The van der Waals surface area contributed by atoms with Gasteiger partial charge in [0.1, 0.15) is 0 Å². The predicted molar refractivity (Wildman–Crippen MR) is 84.1 cm³/mol. The Labute approximate surface area is 127 Å². The van der Waals surface area contributed by atoms with Gasteiger partial charge in [0.25, 0.3) is 0 Å². The summed E-state index contributed by atoms with van der Waals surface area (Å²) in [7, 11) is 4.03. The quantitative estimate of drug-likeness (QED) is 0.876. The highest BCUT2D eigenvalue weighted by Gasteiger charge is 2.21. The maximum atomic E-state index is 6.43. The highest BCUT2D eigenvalue weighted by Crippen LogP contribution is 2.25. The van der Waals surface area contributed by atoms with Crippen molar-refractivity contribution in [1.82, 2.24) is 20.0 Å². The van der Waals surface area contributed by atoms with E-state index in [2.05, 4.69) is 22.2 Å². The van der Waals surface area contributed by atoms with Crippen LogP contribution in [0.15, 0.2) is 0 Å². The Morgan fingerprint density at radius 2 is 2.05 bits per heavy atom. The van der Waals surface area contributed by atoms with E-state index in [1.165, 1.54) is 32.4 Å². The van der Waals surface area contributed by atoms with Gasteiger partial charge in [-0.1, -0.05) is 18.5 Å². The van der Waals surface area contributed by atoms with Crippen LogP contribution in [-0.2, 0) is 20.0 Å². The van der Waals surface area contributed by atoms with E-state index in [1.54, 1.807) is 0 Å². The Morgan fingerprint density at radius 3 is 2.60 bits per heavy atom. The first kappa shape index (κ1) is 15.8. The van der Waals surface area contributed by atoms with Crippen LogP contribution in [0.4, 0.5) is 0 Å². The summed E-state index contributed by atoms with van der Waals surface area (Å²) in [6.07, 6.45) is 4.81. The molecule has 0 spiro atoms. The SMILES string of the molecule is CCc1nn(C)c(CN2CCC(CCNC)CC2)c1Cl. The topological polar surface area (TPSA) is 33.1 Å². The zero-order valence-electron chi connectivity index (χ0n) is 13.0. The zero-order chi connectivity index (χ0) is 14.5. The number of likely N-dealkylation sites (tertiary alicyclic amines) is 1. The lowest BCUT2D eigenvalue weighted by Crippen LogP contribution is -2.34. The minimum Gasteiger partial charge on any atom is -0.320 e. The average molecular weight is 299 g/mol. The summed E-state index contributed by atoms with van der Waals surface area (Å²) in [5.41, 5.74) is 2.19. The Kier molecular flexibility index (Phi) is 5.87. The highest BCUT2D eigenvalue weighted by atomic mass is 35.5. The van der Waals surface area contributed by atoms with Crippen molar-refractivity contribution in [2.24, 2.45) is 13.0 Å². The van der Waals surface area contributed by atoms with E-state index >= 15 is 0 Å². The second-order valence-electron chi connectivity index (χ2n) is 5.80. The van der Waals surface area contributed by atoms with Crippen molar-refractivity contribution in [2.45, 2.75) is 39.2 Å². The second-order valence-corrected chi connectivity index (χ2v) is 6.17. The number of aromatic nitrogens is 2.